The lowest BCUT2D eigenvalue weighted by Gasteiger charge is -2.34. The normalized spacial score (nSPS) is 34.8. The van der Waals surface area contributed by atoms with Gasteiger partial charge in [-0.3, -0.25) is 0 Å². The number of halogens is 1. The van der Waals surface area contributed by atoms with E-state index in [1.807, 2.05) is 13.8 Å². The molecule has 0 radical (unpaired) electrons. The molecule has 0 bridgehead atoms. The van der Waals surface area contributed by atoms with Gasteiger partial charge in [0, 0.05) is 6.42 Å². The first kappa shape index (κ1) is 14.1. The molecule has 0 unspecified atom stereocenters. The Bertz CT molecular complexity index is 265. The zero-order valence-corrected chi connectivity index (χ0v) is 11.4. The molecule has 1 rings (SSSR count). The van der Waals surface area contributed by atoms with Gasteiger partial charge in [0.1, 0.15) is 12.2 Å². The Morgan fingerprint density at radius 1 is 1.25 bits per heavy atom. The van der Waals surface area contributed by atoms with Gasteiger partial charge in [-0.25, -0.2) is 0 Å². The Hall–Kier alpha value is 0.0800. The molecule has 1 fully saturated rings. The quantitative estimate of drug-likeness (QED) is 0.577. The molecular weight excluding hydrogens is 247 g/mol. The summed E-state index contributed by atoms with van der Waals surface area (Å²) in [6, 6.07) is 0. The van der Waals surface area contributed by atoms with Crippen molar-refractivity contribution in [2.75, 3.05) is 0 Å². The van der Waals surface area contributed by atoms with Crippen LogP contribution in [0.15, 0.2) is 24.3 Å². The van der Waals surface area contributed by atoms with Crippen LogP contribution in [0.5, 0.6) is 0 Å². The molecule has 0 aromatic carbocycles. The molecular formula is C11H18ClO3P. The number of hydrogen-bond donors (Lipinski definition) is 0. The van der Waals surface area contributed by atoms with Gasteiger partial charge in [0.25, 0.3) is 0 Å². The zero-order valence-electron chi connectivity index (χ0n) is 9.74. The maximum atomic E-state index is 11.7. The number of rotatable bonds is 4. The smallest absolute Gasteiger partial charge is 0.338 e. The van der Waals surface area contributed by atoms with E-state index in [2.05, 4.69) is 13.2 Å². The van der Waals surface area contributed by atoms with E-state index in [1.165, 1.54) is 0 Å². The molecule has 1 aliphatic heterocycles. The van der Waals surface area contributed by atoms with Crippen molar-refractivity contribution in [3.63, 3.8) is 0 Å². The first-order valence-corrected chi connectivity index (χ1v) is 7.68. The molecule has 0 aromatic heterocycles. The summed E-state index contributed by atoms with van der Waals surface area (Å²) in [7, 11) is -3.42. The third-order valence-electron chi connectivity index (χ3n) is 2.23. The second kappa shape index (κ2) is 5.61. The Balaban J connectivity index is 2.61. The van der Waals surface area contributed by atoms with Crippen molar-refractivity contribution in [1.29, 1.82) is 0 Å². The van der Waals surface area contributed by atoms with Crippen molar-refractivity contribution in [3.05, 3.63) is 24.3 Å². The van der Waals surface area contributed by atoms with Crippen molar-refractivity contribution in [3.8, 4) is 0 Å². The monoisotopic (exact) mass is 264 g/mol. The average molecular weight is 265 g/mol. The average Bonchev–Trinajstić information content (AvgIpc) is 1.95. The Morgan fingerprint density at radius 2 is 1.62 bits per heavy atom. The lowest BCUT2D eigenvalue weighted by molar-refractivity contribution is -0.228. The van der Waals surface area contributed by atoms with E-state index in [0.29, 0.717) is 19.3 Å². The summed E-state index contributed by atoms with van der Waals surface area (Å²) in [5.41, 5.74) is 1.97. The third kappa shape index (κ3) is 4.94. The molecule has 0 N–H and O–H groups in total. The Kier molecular flexibility index (Phi) is 4.96. The summed E-state index contributed by atoms with van der Waals surface area (Å²) in [5, 5.41) is 0. The second-order valence-corrected chi connectivity index (χ2v) is 6.97. The molecule has 0 aliphatic carbocycles. The SMILES string of the molecule is C=C(C)C[C@@H]1C[C@@H](CC(=C)C)O[P+]([O-])(Cl)O1. The lowest BCUT2D eigenvalue weighted by Crippen LogP contribution is -2.33. The Labute approximate surface area is 102 Å². The maximum Gasteiger partial charge on any atom is 0.338 e. The molecule has 2 atom stereocenters. The van der Waals surface area contributed by atoms with Crippen LogP contribution in [0, 0.1) is 0 Å². The van der Waals surface area contributed by atoms with Crippen LogP contribution < -0.4 is 4.89 Å². The van der Waals surface area contributed by atoms with E-state index < -0.39 is 7.30 Å². The van der Waals surface area contributed by atoms with Gasteiger partial charge >= 0.3 is 7.30 Å². The van der Waals surface area contributed by atoms with Gasteiger partial charge < -0.3 is 4.89 Å². The van der Waals surface area contributed by atoms with Crippen LogP contribution in [0.3, 0.4) is 0 Å². The summed E-state index contributed by atoms with van der Waals surface area (Å²) in [6.07, 6.45) is 1.66. The lowest BCUT2D eigenvalue weighted by atomic mass is 10.0. The van der Waals surface area contributed by atoms with Crippen LogP contribution in [0.1, 0.15) is 33.1 Å². The molecule has 5 heteroatoms. The van der Waals surface area contributed by atoms with Crippen LogP contribution in [0.2, 0.25) is 0 Å². The highest BCUT2D eigenvalue weighted by atomic mass is 35.7. The van der Waals surface area contributed by atoms with Gasteiger partial charge in [-0.2, -0.15) is 9.05 Å². The molecule has 0 amide bonds. The summed E-state index contributed by atoms with van der Waals surface area (Å²) < 4.78 is 10.4. The van der Waals surface area contributed by atoms with Crippen molar-refractivity contribution < 1.29 is 13.9 Å². The minimum atomic E-state index is -3.42. The van der Waals surface area contributed by atoms with Gasteiger partial charge in [-0.1, -0.05) is 11.1 Å². The standard InChI is InChI=1S/C11H18ClO3P/c1-8(2)5-10-7-11(6-9(3)4)15-16(12,13)14-10/h10-11H,1,3,5-7H2,2,4H3/t10-,11-/m1/s1. The zero-order chi connectivity index (χ0) is 12.3. The molecule has 0 spiro atoms. The van der Waals surface area contributed by atoms with E-state index in [-0.39, 0.29) is 12.2 Å². The highest BCUT2D eigenvalue weighted by Gasteiger charge is 2.42. The summed E-state index contributed by atoms with van der Waals surface area (Å²) in [4.78, 5) is 11.7. The first-order chi connectivity index (χ1) is 7.28. The molecule has 0 saturated carbocycles. The fourth-order valence-electron chi connectivity index (χ4n) is 1.78. The molecule has 1 saturated heterocycles. The van der Waals surface area contributed by atoms with Crippen LogP contribution in [0.4, 0.5) is 0 Å². The first-order valence-electron chi connectivity index (χ1n) is 5.24. The van der Waals surface area contributed by atoms with E-state index in [4.69, 9.17) is 20.3 Å². The predicted octanol–water partition coefficient (Wildman–Crippen LogP) is 3.37. The molecule has 92 valence electrons. The van der Waals surface area contributed by atoms with Gasteiger partial charge in [-0.15, -0.1) is 13.2 Å². The van der Waals surface area contributed by atoms with E-state index in [9.17, 15) is 4.89 Å². The van der Waals surface area contributed by atoms with Crippen LogP contribution in [-0.2, 0) is 9.05 Å². The fraction of sp³-hybridized carbons (Fsp3) is 0.636. The van der Waals surface area contributed by atoms with E-state index in [1.54, 1.807) is 0 Å². The van der Waals surface area contributed by atoms with Crippen molar-refractivity contribution >= 4 is 18.5 Å². The highest BCUT2D eigenvalue weighted by Crippen LogP contribution is 2.63. The van der Waals surface area contributed by atoms with Gasteiger partial charge in [0.2, 0.25) is 0 Å². The summed E-state index contributed by atoms with van der Waals surface area (Å²) in [6.45, 7) is 11.4. The molecule has 1 heterocycles. The molecule has 16 heavy (non-hydrogen) atoms. The van der Waals surface area contributed by atoms with Crippen molar-refractivity contribution in [1.82, 2.24) is 0 Å². The van der Waals surface area contributed by atoms with Gasteiger partial charge in [0.15, 0.2) is 11.2 Å². The minimum Gasteiger partial charge on any atom is -0.617 e. The predicted molar refractivity (Wildman–Crippen MR) is 66.0 cm³/mol. The summed E-state index contributed by atoms with van der Waals surface area (Å²) in [5.74, 6) is 0. The molecule has 1 aliphatic rings. The van der Waals surface area contributed by atoms with Gasteiger partial charge in [-0.05, 0) is 26.7 Å². The summed E-state index contributed by atoms with van der Waals surface area (Å²) >= 11 is 5.68. The van der Waals surface area contributed by atoms with Gasteiger partial charge in [0.05, 0.1) is 0 Å². The van der Waals surface area contributed by atoms with E-state index in [0.717, 1.165) is 11.1 Å². The highest BCUT2D eigenvalue weighted by molar-refractivity contribution is 7.85. The maximum absolute atomic E-state index is 11.7. The molecule has 3 nitrogen and oxygen atoms in total. The van der Waals surface area contributed by atoms with Crippen molar-refractivity contribution in [2.24, 2.45) is 0 Å². The topological polar surface area (TPSA) is 41.5 Å². The fourth-order valence-corrected chi connectivity index (χ4v) is 3.54. The second-order valence-electron chi connectivity index (χ2n) is 4.44. The van der Waals surface area contributed by atoms with Crippen LogP contribution in [0.25, 0.3) is 0 Å². The third-order valence-corrected chi connectivity index (χ3v) is 3.81. The minimum absolute atomic E-state index is 0.168. The Morgan fingerprint density at radius 3 is 1.94 bits per heavy atom. The van der Waals surface area contributed by atoms with Crippen LogP contribution in [-0.4, -0.2) is 12.2 Å². The van der Waals surface area contributed by atoms with Crippen LogP contribution >= 0.6 is 18.5 Å². The van der Waals surface area contributed by atoms with Crippen molar-refractivity contribution in [2.45, 2.75) is 45.3 Å². The molecule has 0 aromatic rings. The number of hydrogen-bond acceptors (Lipinski definition) is 3. The largest absolute Gasteiger partial charge is 0.617 e. The van der Waals surface area contributed by atoms with E-state index >= 15 is 0 Å².